The summed E-state index contributed by atoms with van der Waals surface area (Å²) >= 11 is 7.24. The van der Waals surface area contributed by atoms with Gasteiger partial charge in [0.15, 0.2) is 0 Å². The molecular formula is C12H21F3N4O3S2. The molecule has 0 saturated carbocycles. The van der Waals surface area contributed by atoms with Gasteiger partial charge in [0.1, 0.15) is 0 Å². The van der Waals surface area contributed by atoms with Crippen molar-refractivity contribution in [3.05, 3.63) is 0 Å². The van der Waals surface area contributed by atoms with Gasteiger partial charge in [0.2, 0.25) is 5.79 Å². The predicted octanol–water partition coefficient (Wildman–Crippen LogP) is -0.549. The standard InChI is InChI=1S/C12H21F3N4O3S2/c1-4-17-11(14,5-23)9(22)18-10(2,13)7(20)19-12(15,6-24)8(21)16-3/h17,23-24H,4-6H2,1-3H3,(H,16,21)(H,18,22)(H,19,20)/t10-,11+,12-/m0/s1. The number of carbonyl (C=O) groups excluding carboxylic acids is 3. The van der Waals surface area contributed by atoms with Gasteiger partial charge in [-0.1, -0.05) is 6.92 Å². The lowest BCUT2D eigenvalue weighted by Crippen LogP contribution is -2.66. The van der Waals surface area contributed by atoms with E-state index in [0.717, 1.165) is 7.05 Å². The summed E-state index contributed by atoms with van der Waals surface area (Å²) in [6.07, 6.45) is 0. The van der Waals surface area contributed by atoms with Gasteiger partial charge in [-0.25, -0.2) is 13.2 Å². The van der Waals surface area contributed by atoms with Gasteiger partial charge in [0.05, 0.1) is 5.75 Å². The Hall–Kier alpha value is -1.14. The van der Waals surface area contributed by atoms with Gasteiger partial charge in [-0.3, -0.25) is 19.7 Å². The summed E-state index contributed by atoms with van der Waals surface area (Å²) in [5.74, 6) is -14.8. The predicted molar refractivity (Wildman–Crippen MR) is 88.9 cm³/mol. The van der Waals surface area contributed by atoms with Crippen molar-refractivity contribution in [2.24, 2.45) is 0 Å². The Labute approximate surface area is 148 Å². The molecule has 0 saturated heterocycles. The average Bonchev–Trinajstić information content (AvgIpc) is 2.53. The van der Waals surface area contributed by atoms with Crippen LogP contribution in [0, 0.1) is 0 Å². The number of nitrogens with one attached hydrogen (secondary N) is 4. The van der Waals surface area contributed by atoms with Gasteiger partial charge in [0, 0.05) is 12.8 Å². The van der Waals surface area contributed by atoms with Crippen LogP contribution < -0.4 is 21.3 Å². The highest BCUT2D eigenvalue weighted by Crippen LogP contribution is 2.17. The minimum atomic E-state index is -3.19. The highest BCUT2D eigenvalue weighted by atomic mass is 32.1. The number of likely N-dealkylation sites (N-methyl/N-ethyl adjacent to an activating group) is 2. The van der Waals surface area contributed by atoms with Crippen LogP contribution in [0.4, 0.5) is 13.2 Å². The SMILES string of the molecule is CCN[C@](F)(CS)C(=O)N[C@](C)(F)C(=O)N[C@@](F)(CS)C(=O)NC. The first kappa shape index (κ1) is 22.9. The van der Waals surface area contributed by atoms with E-state index in [1.165, 1.54) is 17.6 Å². The Bertz CT molecular complexity index is 498. The molecule has 0 heterocycles. The third-order valence-corrected chi connectivity index (χ3v) is 3.80. The molecule has 0 aromatic carbocycles. The van der Waals surface area contributed by atoms with E-state index >= 15 is 0 Å². The lowest BCUT2D eigenvalue weighted by atomic mass is 10.1. The molecule has 7 nitrogen and oxygen atoms in total. The summed E-state index contributed by atoms with van der Waals surface area (Å²) in [5.41, 5.74) is 0. The normalized spacial score (nSPS) is 18.5. The van der Waals surface area contributed by atoms with Crippen molar-refractivity contribution in [1.82, 2.24) is 21.3 Å². The van der Waals surface area contributed by atoms with Gasteiger partial charge in [0.25, 0.3) is 29.3 Å². The Morgan fingerprint density at radius 1 is 0.917 bits per heavy atom. The first-order valence-corrected chi connectivity index (χ1v) is 8.09. The van der Waals surface area contributed by atoms with Crippen LogP contribution in [0.25, 0.3) is 0 Å². The summed E-state index contributed by atoms with van der Waals surface area (Å²) in [4.78, 5) is 35.1. The average molecular weight is 390 g/mol. The number of halogens is 3. The van der Waals surface area contributed by atoms with Crippen molar-refractivity contribution < 1.29 is 27.6 Å². The quantitative estimate of drug-likeness (QED) is 0.235. The number of hydrogen-bond acceptors (Lipinski definition) is 6. The maximum absolute atomic E-state index is 14.4. The molecule has 0 aliphatic rings. The molecule has 0 unspecified atom stereocenters. The number of rotatable bonds is 9. The van der Waals surface area contributed by atoms with E-state index in [4.69, 9.17) is 0 Å². The van der Waals surface area contributed by atoms with Gasteiger partial charge < -0.3 is 16.0 Å². The minimum Gasteiger partial charge on any atom is -0.355 e. The summed E-state index contributed by atoms with van der Waals surface area (Å²) in [6, 6.07) is 0. The fraction of sp³-hybridized carbons (Fsp3) is 0.750. The molecule has 3 atom stereocenters. The lowest BCUT2D eigenvalue weighted by molar-refractivity contribution is -0.150. The second-order valence-electron chi connectivity index (χ2n) is 4.94. The lowest BCUT2D eigenvalue weighted by Gasteiger charge is -2.30. The van der Waals surface area contributed by atoms with Gasteiger partial charge in [-0.2, -0.15) is 25.3 Å². The zero-order valence-electron chi connectivity index (χ0n) is 13.4. The van der Waals surface area contributed by atoms with Crippen LogP contribution in [0.2, 0.25) is 0 Å². The molecule has 0 bridgehead atoms. The second-order valence-corrected chi connectivity index (χ2v) is 5.57. The Kier molecular flexibility index (Phi) is 8.39. The molecule has 0 radical (unpaired) electrons. The number of alkyl halides is 3. The first-order valence-electron chi connectivity index (χ1n) is 6.83. The van der Waals surface area contributed by atoms with E-state index in [-0.39, 0.29) is 6.54 Å². The highest BCUT2D eigenvalue weighted by molar-refractivity contribution is 7.80. The summed E-state index contributed by atoms with van der Waals surface area (Å²) in [7, 11) is 1.10. The topological polar surface area (TPSA) is 99.3 Å². The zero-order chi connectivity index (χ0) is 19.2. The molecule has 0 aromatic rings. The number of hydrogen-bond donors (Lipinski definition) is 6. The molecule has 3 amide bonds. The number of thiol groups is 2. The number of carbonyl (C=O) groups is 3. The van der Waals surface area contributed by atoms with E-state index in [1.807, 2.05) is 5.32 Å². The molecule has 0 aromatic heterocycles. The van der Waals surface area contributed by atoms with Gasteiger partial charge in [-0.05, 0) is 13.5 Å². The third-order valence-electron chi connectivity index (χ3n) is 2.93. The second kappa shape index (κ2) is 8.81. The van der Waals surface area contributed by atoms with Crippen LogP contribution in [0.1, 0.15) is 13.8 Å². The van der Waals surface area contributed by atoms with Crippen molar-refractivity contribution >= 4 is 43.0 Å². The minimum absolute atomic E-state index is 0.0313. The molecule has 24 heavy (non-hydrogen) atoms. The van der Waals surface area contributed by atoms with E-state index in [0.29, 0.717) is 6.92 Å². The van der Waals surface area contributed by atoms with Crippen LogP contribution >= 0.6 is 25.3 Å². The number of amides is 3. The van der Waals surface area contributed by atoms with Gasteiger partial charge >= 0.3 is 0 Å². The van der Waals surface area contributed by atoms with Crippen LogP contribution in [-0.4, -0.2) is 60.2 Å². The maximum Gasteiger partial charge on any atom is 0.281 e. The largest absolute Gasteiger partial charge is 0.355 e. The first-order chi connectivity index (χ1) is 10.9. The van der Waals surface area contributed by atoms with Crippen LogP contribution in [-0.2, 0) is 14.4 Å². The molecule has 140 valence electrons. The summed E-state index contributed by atoms with van der Waals surface area (Å²) < 4.78 is 42.9. The smallest absolute Gasteiger partial charge is 0.281 e. The van der Waals surface area contributed by atoms with E-state index < -0.39 is 46.6 Å². The van der Waals surface area contributed by atoms with Crippen molar-refractivity contribution in [2.75, 3.05) is 25.1 Å². The molecule has 0 spiro atoms. The molecule has 0 aliphatic heterocycles. The Morgan fingerprint density at radius 2 is 1.42 bits per heavy atom. The molecule has 0 fully saturated rings. The fourth-order valence-corrected chi connectivity index (χ4v) is 2.00. The van der Waals surface area contributed by atoms with Gasteiger partial charge in [-0.15, -0.1) is 0 Å². The summed E-state index contributed by atoms with van der Waals surface area (Å²) in [5, 5.41) is 7.09. The zero-order valence-corrected chi connectivity index (χ0v) is 15.2. The fourth-order valence-electron chi connectivity index (χ4n) is 1.52. The van der Waals surface area contributed by atoms with E-state index in [1.54, 1.807) is 0 Å². The molecular weight excluding hydrogens is 369 g/mol. The van der Waals surface area contributed by atoms with E-state index in [2.05, 4.69) is 30.6 Å². The van der Waals surface area contributed by atoms with Crippen LogP contribution in [0.3, 0.4) is 0 Å². The Morgan fingerprint density at radius 3 is 1.79 bits per heavy atom. The maximum atomic E-state index is 14.4. The van der Waals surface area contributed by atoms with Crippen LogP contribution in [0.15, 0.2) is 0 Å². The van der Waals surface area contributed by atoms with Crippen molar-refractivity contribution in [3.8, 4) is 0 Å². The van der Waals surface area contributed by atoms with Crippen molar-refractivity contribution in [1.29, 1.82) is 0 Å². The third kappa shape index (κ3) is 5.45. The Balaban J connectivity index is 5.21. The monoisotopic (exact) mass is 390 g/mol. The molecule has 4 N–H and O–H groups in total. The van der Waals surface area contributed by atoms with Crippen molar-refractivity contribution in [2.45, 2.75) is 31.2 Å². The molecule has 12 heteroatoms. The molecule has 0 aliphatic carbocycles. The van der Waals surface area contributed by atoms with Crippen LogP contribution in [0.5, 0.6) is 0 Å². The van der Waals surface area contributed by atoms with Crippen molar-refractivity contribution in [3.63, 3.8) is 0 Å². The molecule has 0 rings (SSSR count). The highest BCUT2D eigenvalue weighted by Gasteiger charge is 2.47. The van der Waals surface area contributed by atoms with E-state index in [9.17, 15) is 27.6 Å². The summed E-state index contributed by atoms with van der Waals surface area (Å²) in [6.45, 7) is 2.11.